The Morgan fingerprint density at radius 1 is 1.21 bits per heavy atom. The Labute approximate surface area is 113 Å². The summed E-state index contributed by atoms with van der Waals surface area (Å²) >= 11 is 0. The van der Waals surface area contributed by atoms with Crippen molar-refractivity contribution in [2.75, 3.05) is 13.6 Å². The Morgan fingerprint density at radius 2 is 1.89 bits per heavy atom. The minimum Gasteiger partial charge on any atom is -0.341 e. The van der Waals surface area contributed by atoms with Crippen molar-refractivity contribution in [3.05, 3.63) is 35.9 Å². The normalized spacial score (nSPS) is 11.7. The van der Waals surface area contributed by atoms with Gasteiger partial charge < -0.3 is 10.6 Å². The molecule has 3 amide bonds. The molecule has 0 saturated carbocycles. The average molecular weight is 263 g/mol. The van der Waals surface area contributed by atoms with Crippen LogP contribution in [0.2, 0.25) is 0 Å². The molecule has 0 aliphatic heterocycles. The molecule has 1 rings (SSSR count). The maximum atomic E-state index is 11.5. The molecular weight excluding hydrogens is 242 g/mol. The topological polar surface area (TPSA) is 70.2 Å². The summed E-state index contributed by atoms with van der Waals surface area (Å²) in [4.78, 5) is 22.5. The van der Waals surface area contributed by atoms with Crippen LogP contribution in [0.4, 0.5) is 4.79 Å². The van der Waals surface area contributed by atoms with Crippen molar-refractivity contribution in [3.63, 3.8) is 0 Å². The fourth-order valence-electron chi connectivity index (χ4n) is 1.63. The van der Waals surface area contributed by atoms with Gasteiger partial charge in [0.1, 0.15) is 0 Å². The molecule has 0 aliphatic carbocycles. The predicted molar refractivity (Wildman–Crippen MR) is 74.8 cm³/mol. The second-order valence-corrected chi connectivity index (χ2v) is 4.33. The van der Waals surface area contributed by atoms with Gasteiger partial charge in [-0.3, -0.25) is 10.1 Å². The molecule has 1 aromatic rings. The van der Waals surface area contributed by atoms with Gasteiger partial charge in [-0.15, -0.1) is 0 Å². The van der Waals surface area contributed by atoms with E-state index in [-0.39, 0.29) is 11.9 Å². The van der Waals surface area contributed by atoms with Crippen LogP contribution < -0.4 is 16.0 Å². The summed E-state index contributed by atoms with van der Waals surface area (Å²) in [5.74, 6) is -0.320. The van der Waals surface area contributed by atoms with Crippen LogP contribution in [0.15, 0.2) is 30.3 Å². The Hall–Kier alpha value is -1.88. The number of imide groups is 1. The van der Waals surface area contributed by atoms with Crippen molar-refractivity contribution in [1.29, 1.82) is 0 Å². The number of aryl methyl sites for hydroxylation is 1. The lowest BCUT2D eigenvalue weighted by Gasteiger charge is -2.13. The first-order chi connectivity index (χ1) is 9.13. The molecule has 0 spiro atoms. The molecule has 0 fully saturated rings. The highest BCUT2D eigenvalue weighted by atomic mass is 16.2. The van der Waals surface area contributed by atoms with Crippen LogP contribution in [-0.2, 0) is 11.2 Å². The quantitative estimate of drug-likeness (QED) is 0.672. The molecule has 0 aliphatic rings. The van der Waals surface area contributed by atoms with E-state index < -0.39 is 6.03 Å². The molecule has 0 radical (unpaired) electrons. The van der Waals surface area contributed by atoms with Crippen molar-refractivity contribution in [3.8, 4) is 0 Å². The van der Waals surface area contributed by atoms with E-state index in [2.05, 4.69) is 28.1 Å². The molecule has 0 aromatic heterocycles. The van der Waals surface area contributed by atoms with Crippen molar-refractivity contribution in [2.45, 2.75) is 25.8 Å². The van der Waals surface area contributed by atoms with Gasteiger partial charge in [-0.05, 0) is 31.9 Å². The maximum absolute atomic E-state index is 11.5. The predicted octanol–water partition coefficient (Wildman–Crippen LogP) is 1.05. The van der Waals surface area contributed by atoms with Gasteiger partial charge >= 0.3 is 6.03 Å². The minimum atomic E-state index is -0.483. The number of carbonyl (C=O) groups excluding carboxylic acids is 2. The monoisotopic (exact) mass is 263 g/mol. The Balaban J connectivity index is 2.18. The smallest absolute Gasteiger partial charge is 0.321 e. The second kappa shape index (κ2) is 8.26. The molecule has 0 heterocycles. The van der Waals surface area contributed by atoms with Crippen LogP contribution >= 0.6 is 0 Å². The standard InChI is InChI=1S/C14H21N3O2/c1-11(13(18)17-14(19)15-2)16-10-6-9-12-7-4-3-5-8-12/h3-5,7-8,11,16H,6,9-10H2,1-2H3,(H2,15,17,18,19). The molecule has 0 saturated heterocycles. The zero-order valence-corrected chi connectivity index (χ0v) is 11.4. The molecule has 5 nitrogen and oxygen atoms in total. The third-order valence-electron chi connectivity index (χ3n) is 2.79. The number of urea groups is 1. The third kappa shape index (κ3) is 6.01. The zero-order chi connectivity index (χ0) is 14.1. The Morgan fingerprint density at radius 3 is 2.53 bits per heavy atom. The van der Waals surface area contributed by atoms with E-state index in [1.807, 2.05) is 18.2 Å². The summed E-state index contributed by atoms with van der Waals surface area (Å²) in [5.41, 5.74) is 1.28. The third-order valence-corrected chi connectivity index (χ3v) is 2.79. The highest BCUT2D eigenvalue weighted by Crippen LogP contribution is 2.01. The maximum Gasteiger partial charge on any atom is 0.321 e. The average Bonchev–Trinajstić information content (AvgIpc) is 2.44. The number of rotatable bonds is 6. The van der Waals surface area contributed by atoms with E-state index in [9.17, 15) is 9.59 Å². The lowest BCUT2D eigenvalue weighted by molar-refractivity contribution is -0.121. The summed E-state index contributed by atoms with van der Waals surface area (Å²) < 4.78 is 0. The molecular formula is C14H21N3O2. The van der Waals surface area contributed by atoms with E-state index in [0.717, 1.165) is 19.4 Å². The molecule has 0 bridgehead atoms. The first-order valence-electron chi connectivity index (χ1n) is 6.43. The van der Waals surface area contributed by atoms with Crippen molar-refractivity contribution >= 4 is 11.9 Å². The molecule has 1 aromatic carbocycles. The molecule has 1 unspecified atom stereocenters. The minimum absolute atomic E-state index is 0.320. The van der Waals surface area contributed by atoms with Gasteiger partial charge in [0.25, 0.3) is 0 Å². The lowest BCUT2D eigenvalue weighted by Crippen LogP contribution is -2.47. The summed E-state index contributed by atoms with van der Waals surface area (Å²) in [6, 6.07) is 9.33. The SMILES string of the molecule is CNC(=O)NC(=O)C(C)NCCCc1ccccc1. The Kier molecular flexibility index (Phi) is 6.60. The van der Waals surface area contributed by atoms with Gasteiger partial charge in [0, 0.05) is 7.05 Å². The fraction of sp³-hybridized carbons (Fsp3) is 0.429. The van der Waals surface area contributed by atoms with E-state index in [4.69, 9.17) is 0 Å². The van der Waals surface area contributed by atoms with Crippen molar-refractivity contribution < 1.29 is 9.59 Å². The van der Waals surface area contributed by atoms with Gasteiger partial charge in [-0.1, -0.05) is 30.3 Å². The number of amides is 3. The van der Waals surface area contributed by atoms with E-state index in [1.165, 1.54) is 12.6 Å². The van der Waals surface area contributed by atoms with Gasteiger partial charge in [-0.2, -0.15) is 0 Å². The number of hydrogen-bond donors (Lipinski definition) is 3. The number of nitrogens with one attached hydrogen (secondary N) is 3. The molecule has 5 heteroatoms. The highest BCUT2D eigenvalue weighted by Gasteiger charge is 2.13. The Bertz CT molecular complexity index is 406. The summed E-state index contributed by atoms with van der Waals surface area (Å²) in [5, 5.41) is 7.67. The fourth-order valence-corrected chi connectivity index (χ4v) is 1.63. The summed E-state index contributed by atoms with van der Waals surface area (Å²) in [7, 11) is 1.47. The van der Waals surface area contributed by atoms with E-state index in [0.29, 0.717) is 0 Å². The number of benzene rings is 1. The van der Waals surface area contributed by atoms with Crippen LogP contribution in [-0.4, -0.2) is 31.6 Å². The molecule has 1 atom stereocenters. The second-order valence-electron chi connectivity index (χ2n) is 4.33. The zero-order valence-electron chi connectivity index (χ0n) is 11.4. The lowest BCUT2D eigenvalue weighted by atomic mass is 10.1. The largest absolute Gasteiger partial charge is 0.341 e. The summed E-state index contributed by atoms with van der Waals surface area (Å²) in [6.07, 6.45) is 1.92. The van der Waals surface area contributed by atoms with Crippen LogP contribution in [0.5, 0.6) is 0 Å². The van der Waals surface area contributed by atoms with Crippen LogP contribution in [0.3, 0.4) is 0 Å². The summed E-state index contributed by atoms with van der Waals surface area (Å²) in [6.45, 7) is 2.47. The van der Waals surface area contributed by atoms with E-state index in [1.54, 1.807) is 6.92 Å². The molecule has 104 valence electrons. The van der Waals surface area contributed by atoms with Crippen molar-refractivity contribution in [1.82, 2.24) is 16.0 Å². The van der Waals surface area contributed by atoms with Gasteiger partial charge in [-0.25, -0.2) is 4.79 Å². The molecule has 19 heavy (non-hydrogen) atoms. The van der Waals surface area contributed by atoms with Gasteiger partial charge in [0.05, 0.1) is 6.04 Å². The van der Waals surface area contributed by atoms with Gasteiger partial charge in [0.15, 0.2) is 0 Å². The first-order valence-corrected chi connectivity index (χ1v) is 6.43. The van der Waals surface area contributed by atoms with Gasteiger partial charge in [0.2, 0.25) is 5.91 Å². The number of hydrogen-bond acceptors (Lipinski definition) is 3. The van der Waals surface area contributed by atoms with Crippen molar-refractivity contribution in [2.24, 2.45) is 0 Å². The van der Waals surface area contributed by atoms with Crippen LogP contribution in [0, 0.1) is 0 Å². The highest BCUT2D eigenvalue weighted by molar-refractivity contribution is 5.96. The first kappa shape index (κ1) is 15.2. The molecule has 3 N–H and O–H groups in total. The van der Waals surface area contributed by atoms with Crippen LogP contribution in [0.25, 0.3) is 0 Å². The van der Waals surface area contributed by atoms with E-state index >= 15 is 0 Å². The van der Waals surface area contributed by atoms with Crippen LogP contribution in [0.1, 0.15) is 18.9 Å². The number of carbonyl (C=O) groups is 2.